The highest BCUT2D eigenvalue weighted by atomic mass is 15.0. The molecule has 0 spiro atoms. The van der Waals surface area contributed by atoms with E-state index in [1.165, 1.54) is 97.8 Å². The fraction of sp³-hybridized carbons (Fsp3) is 0.364. The zero-order valence-corrected chi connectivity index (χ0v) is 21.5. The number of nitrogens with zero attached hydrogens (tertiary/aromatic N) is 2. The highest BCUT2D eigenvalue weighted by Gasteiger charge is 2.25. The van der Waals surface area contributed by atoms with Crippen LogP contribution in [0.4, 0.5) is 0 Å². The van der Waals surface area contributed by atoms with Crippen molar-refractivity contribution < 1.29 is 4.57 Å². The van der Waals surface area contributed by atoms with Crippen LogP contribution >= 0.6 is 0 Å². The molecule has 0 amide bonds. The lowest BCUT2D eigenvalue weighted by Crippen LogP contribution is -2.29. The van der Waals surface area contributed by atoms with Gasteiger partial charge < -0.3 is 4.40 Å². The average molecular weight is 460 g/mol. The summed E-state index contributed by atoms with van der Waals surface area (Å²) in [5, 5.41) is 6.93. The molecule has 0 bridgehead atoms. The van der Waals surface area contributed by atoms with E-state index in [9.17, 15) is 0 Å². The van der Waals surface area contributed by atoms with Crippen LogP contribution in [0.1, 0.15) is 56.2 Å². The van der Waals surface area contributed by atoms with Crippen LogP contribution in [0.25, 0.3) is 49.0 Å². The van der Waals surface area contributed by atoms with Crippen LogP contribution in [-0.4, -0.2) is 4.40 Å². The Morgan fingerprint density at radius 1 is 0.886 bits per heavy atom. The monoisotopic (exact) mass is 459 g/mol. The standard InChI is InChI=1S/C33H35N2/c1-20(2)15-23-10-12-26-27-11-9-21(3)30-32(27)35(28(26)18-23)29-19-24(16-22-7-5-6-8-22)17-25-13-14-34(4)33(30)31(25)29/h9-14,17-20,22H,5-8,15-16H2,1-4H3/q+1. The van der Waals surface area contributed by atoms with Crippen molar-refractivity contribution in [3.05, 3.63) is 71.4 Å². The van der Waals surface area contributed by atoms with Gasteiger partial charge in [0.15, 0.2) is 6.20 Å². The second-order valence-corrected chi connectivity index (χ2v) is 11.6. The smallest absolute Gasteiger partial charge is 0.224 e. The highest BCUT2D eigenvalue weighted by molar-refractivity contribution is 6.25. The van der Waals surface area contributed by atoms with E-state index in [2.05, 4.69) is 91.5 Å². The molecule has 35 heavy (non-hydrogen) atoms. The van der Waals surface area contributed by atoms with Crippen LogP contribution in [-0.2, 0) is 19.9 Å². The Labute approximate surface area is 207 Å². The quantitative estimate of drug-likeness (QED) is 0.143. The molecule has 7 rings (SSSR count). The van der Waals surface area contributed by atoms with Crippen LogP contribution in [0.15, 0.2) is 54.7 Å². The maximum atomic E-state index is 2.62. The van der Waals surface area contributed by atoms with Gasteiger partial charge in [0.2, 0.25) is 5.52 Å². The van der Waals surface area contributed by atoms with Crippen molar-refractivity contribution >= 4 is 49.0 Å². The maximum Gasteiger partial charge on any atom is 0.224 e. The molecule has 2 nitrogen and oxygen atoms in total. The van der Waals surface area contributed by atoms with Gasteiger partial charge in [-0.3, -0.25) is 0 Å². The third kappa shape index (κ3) is 3.12. The summed E-state index contributed by atoms with van der Waals surface area (Å²) >= 11 is 0. The molecule has 0 aliphatic heterocycles. The van der Waals surface area contributed by atoms with Gasteiger partial charge in [-0.2, -0.15) is 0 Å². The van der Waals surface area contributed by atoms with Crippen molar-refractivity contribution in [2.75, 3.05) is 0 Å². The summed E-state index contributed by atoms with van der Waals surface area (Å²) in [6.45, 7) is 6.91. The normalized spacial score (nSPS) is 15.3. The number of pyridine rings is 2. The van der Waals surface area contributed by atoms with E-state index in [0.717, 1.165) is 12.3 Å². The van der Waals surface area contributed by atoms with E-state index in [0.29, 0.717) is 5.92 Å². The fourth-order valence-electron chi connectivity index (χ4n) is 7.08. The Hall–Kier alpha value is -3.13. The maximum absolute atomic E-state index is 2.62. The minimum absolute atomic E-state index is 0.650. The number of fused-ring (bicyclic) bond motifs is 5. The van der Waals surface area contributed by atoms with Crippen molar-refractivity contribution in [3.8, 4) is 0 Å². The highest BCUT2D eigenvalue weighted by Crippen LogP contribution is 2.41. The number of hydrogen-bond donors (Lipinski definition) is 0. The SMILES string of the molecule is Cc1ccc2c3ccc(CC(C)C)cc3n3c4cc(CC5CCCC5)cc5cc[n+](C)c(c1c23)c54. The molecule has 3 aromatic carbocycles. The van der Waals surface area contributed by atoms with Crippen LogP contribution in [0.5, 0.6) is 0 Å². The van der Waals surface area contributed by atoms with E-state index in [4.69, 9.17) is 0 Å². The second kappa shape index (κ2) is 7.68. The summed E-state index contributed by atoms with van der Waals surface area (Å²) < 4.78 is 4.96. The summed E-state index contributed by atoms with van der Waals surface area (Å²) in [7, 11) is 2.21. The molecule has 2 heteroatoms. The van der Waals surface area contributed by atoms with Crippen molar-refractivity contribution in [1.82, 2.24) is 4.40 Å². The van der Waals surface area contributed by atoms with Gasteiger partial charge in [0.25, 0.3) is 0 Å². The lowest BCUT2D eigenvalue weighted by molar-refractivity contribution is -0.643. The summed E-state index contributed by atoms with van der Waals surface area (Å²) in [5.74, 6) is 1.49. The van der Waals surface area contributed by atoms with Crippen LogP contribution < -0.4 is 4.57 Å². The average Bonchev–Trinajstić information content (AvgIpc) is 3.45. The van der Waals surface area contributed by atoms with Crippen molar-refractivity contribution in [1.29, 1.82) is 0 Å². The first-order valence-corrected chi connectivity index (χ1v) is 13.5. The second-order valence-electron chi connectivity index (χ2n) is 11.6. The molecule has 0 atom stereocenters. The molecule has 1 aliphatic rings. The molecule has 6 aromatic rings. The van der Waals surface area contributed by atoms with Gasteiger partial charge >= 0.3 is 0 Å². The molecule has 0 saturated heterocycles. The first kappa shape index (κ1) is 21.2. The van der Waals surface area contributed by atoms with Gasteiger partial charge in [-0.15, -0.1) is 0 Å². The fourth-order valence-corrected chi connectivity index (χ4v) is 7.08. The van der Waals surface area contributed by atoms with Crippen LogP contribution in [0.3, 0.4) is 0 Å². The first-order chi connectivity index (χ1) is 17.0. The molecule has 1 fully saturated rings. The lowest BCUT2D eigenvalue weighted by atomic mass is 9.94. The predicted molar refractivity (Wildman–Crippen MR) is 149 cm³/mol. The van der Waals surface area contributed by atoms with E-state index in [1.807, 2.05) is 0 Å². The number of aromatic nitrogens is 2. The summed E-state index contributed by atoms with van der Waals surface area (Å²) in [5.41, 5.74) is 9.79. The van der Waals surface area contributed by atoms with Crippen LogP contribution in [0.2, 0.25) is 0 Å². The topological polar surface area (TPSA) is 8.29 Å². The number of hydrogen-bond acceptors (Lipinski definition) is 0. The van der Waals surface area contributed by atoms with Crippen LogP contribution in [0, 0.1) is 18.8 Å². The van der Waals surface area contributed by atoms with Gasteiger partial charge in [0.05, 0.1) is 27.3 Å². The Morgan fingerprint density at radius 2 is 1.66 bits per heavy atom. The minimum Gasteiger partial charge on any atom is -0.307 e. The minimum atomic E-state index is 0.650. The molecule has 3 aromatic heterocycles. The van der Waals surface area contributed by atoms with Crippen molar-refractivity contribution in [2.45, 2.75) is 59.3 Å². The number of aryl methyl sites for hydroxylation is 2. The zero-order valence-electron chi connectivity index (χ0n) is 21.5. The summed E-state index contributed by atoms with van der Waals surface area (Å²) in [4.78, 5) is 0. The molecule has 1 saturated carbocycles. The van der Waals surface area contributed by atoms with E-state index in [1.54, 1.807) is 0 Å². The van der Waals surface area contributed by atoms with Gasteiger partial charge in [-0.1, -0.05) is 69.9 Å². The van der Waals surface area contributed by atoms with Gasteiger partial charge in [0, 0.05) is 16.8 Å². The Balaban J connectivity index is 1.67. The van der Waals surface area contributed by atoms with Gasteiger partial charge in [0.1, 0.15) is 7.05 Å². The molecule has 3 heterocycles. The Kier molecular flexibility index (Phi) is 4.65. The third-order valence-corrected chi connectivity index (χ3v) is 8.60. The third-order valence-electron chi connectivity index (χ3n) is 8.60. The molecule has 0 radical (unpaired) electrons. The van der Waals surface area contributed by atoms with E-state index < -0.39 is 0 Å². The summed E-state index contributed by atoms with van der Waals surface area (Å²) in [6.07, 6.45) is 10.2. The molecular weight excluding hydrogens is 424 g/mol. The van der Waals surface area contributed by atoms with Crippen molar-refractivity contribution in [3.63, 3.8) is 0 Å². The number of benzene rings is 3. The Bertz CT molecular complexity index is 1740. The van der Waals surface area contributed by atoms with Crippen molar-refractivity contribution in [2.24, 2.45) is 18.9 Å². The molecule has 0 N–H and O–H groups in total. The largest absolute Gasteiger partial charge is 0.307 e. The lowest BCUT2D eigenvalue weighted by Gasteiger charge is -2.16. The van der Waals surface area contributed by atoms with Gasteiger partial charge in [-0.25, -0.2) is 4.57 Å². The van der Waals surface area contributed by atoms with E-state index >= 15 is 0 Å². The first-order valence-electron chi connectivity index (χ1n) is 13.5. The molecule has 176 valence electrons. The predicted octanol–water partition coefficient (Wildman–Crippen LogP) is 8.05. The van der Waals surface area contributed by atoms with E-state index in [-0.39, 0.29) is 0 Å². The molecule has 1 aliphatic carbocycles. The Morgan fingerprint density at radius 3 is 2.46 bits per heavy atom. The zero-order chi connectivity index (χ0) is 23.8. The van der Waals surface area contributed by atoms with Gasteiger partial charge in [-0.05, 0) is 65.8 Å². The molecule has 0 unspecified atom stereocenters. The molecular formula is C33H35N2+. The summed E-state index contributed by atoms with van der Waals surface area (Å²) in [6, 6.07) is 19.2. The number of rotatable bonds is 4.